The van der Waals surface area contributed by atoms with Crippen LogP contribution < -0.4 is 10.4 Å². The molecule has 0 aliphatic carbocycles. The highest BCUT2D eigenvalue weighted by atomic mass is 31.2. The summed E-state index contributed by atoms with van der Waals surface area (Å²) < 4.78 is 84.4. The molecular weight excluding hydrogens is 656 g/mol. The van der Waals surface area contributed by atoms with Crippen molar-refractivity contribution >= 4 is 19.5 Å². The van der Waals surface area contributed by atoms with Gasteiger partial charge in [0.15, 0.2) is 0 Å². The number of benzene rings is 3. The second-order valence-electron chi connectivity index (χ2n) is 12.2. The van der Waals surface area contributed by atoms with Gasteiger partial charge in [0.05, 0.1) is 33.9 Å². The van der Waals surface area contributed by atoms with Crippen molar-refractivity contribution in [1.82, 2.24) is 19.8 Å². The van der Waals surface area contributed by atoms with E-state index in [1.807, 2.05) is 56.1 Å². The molecule has 0 saturated carbocycles. The number of nitrogens with zero attached hydrogens (tertiary/aromatic N) is 3. The maximum absolute atomic E-state index is 16.1. The van der Waals surface area contributed by atoms with E-state index in [-0.39, 0.29) is 24.3 Å². The third-order valence-corrected chi connectivity index (χ3v) is 9.21. The smallest absolute Gasteiger partial charge is 0.308 e. The number of para-hydroxylation sites is 1. The van der Waals surface area contributed by atoms with Crippen LogP contribution >= 0.6 is 7.75 Å². The molecular formula is C33H35F5N5O4P. The highest BCUT2D eigenvalue weighted by molar-refractivity contribution is 7.50. The Hall–Kier alpha value is -4.10. The predicted octanol–water partition coefficient (Wildman–Crippen LogP) is 7.73. The summed E-state index contributed by atoms with van der Waals surface area (Å²) >= 11 is 0. The number of carbonyl (C=O) groups is 1. The van der Waals surface area contributed by atoms with Crippen LogP contribution in [0.25, 0.3) is 16.9 Å². The van der Waals surface area contributed by atoms with E-state index in [9.17, 15) is 22.5 Å². The Balaban J connectivity index is 1.65. The Morgan fingerprint density at radius 3 is 2.21 bits per heavy atom. The van der Waals surface area contributed by atoms with Gasteiger partial charge in [0.1, 0.15) is 11.6 Å². The number of urea groups is 1. The number of fused-ring (bicyclic) bond motifs is 1. The highest BCUT2D eigenvalue weighted by Crippen LogP contribution is 2.46. The van der Waals surface area contributed by atoms with Gasteiger partial charge in [-0.3, -0.25) is 4.90 Å². The minimum absolute atomic E-state index is 0.168. The van der Waals surface area contributed by atoms with Crippen LogP contribution in [0.3, 0.4) is 0 Å². The first kappa shape index (κ1) is 35.2. The van der Waals surface area contributed by atoms with E-state index in [0.29, 0.717) is 35.2 Å². The molecule has 2 amide bonds. The van der Waals surface area contributed by atoms with Gasteiger partial charge in [-0.15, -0.1) is 0 Å². The van der Waals surface area contributed by atoms with Gasteiger partial charge in [-0.2, -0.15) is 18.3 Å². The third-order valence-electron chi connectivity index (χ3n) is 8.72. The van der Waals surface area contributed by atoms with Crippen LogP contribution in [0.5, 0.6) is 0 Å². The SMILES string of the molecule is CCc1cccc(CC)c1-n1nc2c(c1-c1cc(F)c(NC(=O)NP(=O)(O)O)cc1F)CN(Cc1ccc(C(F)(F)F)cc1C)C2(C)C. The standard InChI is InChI=1S/C33H35F5N5O4P/c1-6-19-9-8-10-20(7-2)28(19)43-29(23-14-26(35)27(15-25(23)34)39-31(44)41-48(45,46)47)24-17-42(32(4,5)30(24)40-43)16-21-11-12-22(13-18(21)3)33(36,37)38/h8-15H,6-7,16-17H2,1-5H3,(H4,39,41,44,45,46,47). The molecule has 1 aromatic heterocycles. The Morgan fingerprint density at radius 1 is 1.00 bits per heavy atom. The number of aromatic nitrogens is 2. The summed E-state index contributed by atoms with van der Waals surface area (Å²) in [6.45, 7) is 9.84. The number of hydrogen-bond donors (Lipinski definition) is 4. The second-order valence-corrected chi connectivity index (χ2v) is 13.5. The first-order valence-electron chi connectivity index (χ1n) is 15.1. The van der Waals surface area contributed by atoms with E-state index >= 15 is 8.78 Å². The molecule has 5 rings (SSSR count). The lowest BCUT2D eigenvalue weighted by Gasteiger charge is -2.32. The summed E-state index contributed by atoms with van der Waals surface area (Å²) in [6.07, 6.45) is -3.25. The summed E-state index contributed by atoms with van der Waals surface area (Å²) in [5.41, 5.74) is 2.77. The average Bonchev–Trinajstić information content (AvgIpc) is 3.47. The van der Waals surface area contributed by atoms with Crippen LogP contribution in [-0.4, -0.2) is 30.5 Å². The van der Waals surface area contributed by atoms with Gasteiger partial charge >= 0.3 is 20.0 Å². The zero-order valence-electron chi connectivity index (χ0n) is 26.8. The fraction of sp³-hybridized carbons (Fsp3) is 0.333. The summed E-state index contributed by atoms with van der Waals surface area (Å²) in [5.74, 6) is -2.00. The Bertz CT molecular complexity index is 1930. The molecule has 4 N–H and O–H groups in total. The summed E-state index contributed by atoms with van der Waals surface area (Å²) in [4.78, 5) is 32.0. The third kappa shape index (κ3) is 6.75. The quantitative estimate of drug-likeness (QED) is 0.111. The molecule has 0 atom stereocenters. The number of halogens is 5. The van der Waals surface area contributed by atoms with Crippen molar-refractivity contribution in [1.29, 1.82) is 0 Å². The summed E-state index contributed by atoms with van der Waals surface area (Å²) in [7, 11) is -5.00. The second kappa shape index (κ2) is 12.7. The Labute approximate surface area is 274 Å². The number of nitrogens with one attached hydrogen (secondary N) is 2. The zero-order valence-corrected chi connectivity index (χ0v) is 27.7. The minimum Gasteiger partial charge on any atom is -0.308 e. The number of alkyl halides is 3. The first-order valence-corrected chi connectivity index (χ1v) is 16.8. The monoisotopic (exact) mass is 691 g/mol. The molecule has 0 spiro atoms. The summed E-state index contributed by atoms with van der Waals surface area (Å²) in [5, 5.41) is 8.29. The lowest BCUT2D eigenvalue weighted by molar-refractivity contribution is -0.137. The fourth-order valence-electron chi connectivity index (χ4n) is 6.17. The Kier molecular flexibility index (Phi) is 9.34. The average molecular weight is 692 g/mol. The van der Waals surface area contributed by atoms with Crippen LogP contribution in [0.15, 0.2) is 48.5 Å². The Morgan fingerprint density at radius 2 is 1.65 bits per heavy atom. The van der Waals surface area contributed by atoms with Crippen LogP contribution in [0, 0.1) is 18.6 Å². The lowest BCUT2D eigenvalue weighted by atomic mass is 9.97. The van der Waals surface area contributed by atoms with Crippen LogP contribution in [0.4, 0.5) is 32.4 Å². The molecule has 0 saturated heterocycles. The number of aryl methyl sites for hydroxylation is 3. The van der Waals surface area contributed by atoms with E-state index in [2.05, 4.69) is 0 Å². The summed E-state index contributed by atoms with van der Waals surface area (Å²) in [6, 6.07) is 9.55. The van der Waals surface area contributed by atoms with E-state index < -0.39 is 48.4 Å². The van der Waals surface area contributed by atoms with Gasteiger partial charge < -0.3 is 15.1 Å². The maximum atomic E-state index is 16.1. The predicted molar refractivity (Wildman–Crippen MR) is 170 cm³/mol. The van der Waals surface area contributed by atoms with Crippen LogP contribution in [0.1, 0.15) is 66.8 Å². The molecule has 2 heterocycles. The molecule has 0 fully saturated rings. The number of anilines is 1. The van der Waals surface area contributed by atoms with Crippen molar-refractivity contribution in [3.05, 3.63) is 99.2 Å². The molecule has 15 heteroatoms. The molecule has 48 heavy (non-hydrogen) atoms. The number of amides is 2. The van der Waals surface area contributed by atoms with E-state index in [1.54, 1.807) is 11.6 Å². The van der Waals surface area contributed by atoms with Crippen molar-refractivity contribution in [2.75, 3.05) is 5.32 Å². The van der Waals surface area contributed by atoms with Gasteiger partial charge in [0.2, 0.25) is 0 Å². The molecule has 9 nitrogen and oxygen atoms in total. The molecule has 1 aliphatic rings. The first-order chi connectivity index (χ1) is 22.3. The van der Waals surface area contributed by atoms with Gasteiger partial charge in [0, 0.05) is 30.3 Å². The van der Waals surface area contributed by atoms with Crippen molar-refractivity contribution in [3.8, 4) is 16.9 Å². The van der Waals surface area contributed by atoms with Gasteiger partial charge in [-0.25, -0.2) is 27.9 Å². The molecule has 0 bridgehead atoms. The van der Waals surface area contributed by atoms with Crippen LogP contribution in [-0.2, 0) is 42.2 Å². The maximum Gasteiger partial charge on any atom is 0.431 e. The van der Waals surface area contributed by atoms with Gasteiger partial charge in [-0.05, 0) is 74.1 Å². The van der Waals surface area contributed by atoms with Crippen molar-refractivity contribution < 1.29 is 41.1 Å². The molecule has 3 aromatic carbocycles. The van der Waals surface area contributed by atoms with E-state index in [0.717, 1.165) is 41.1 Å². The van der Waals surface area contributed by atoms with Crippen molar-refractivity contribution in [3.63, 3.8) is 0 Å². The number of hydrogen-bond acceptors (Lipinski definition) is 4. The highest BCUT2D eigenvalue weighted by Gasteiger charge is 2.44. The van der Waals surface area contributed by atoms with Gasteiger partial charge in [-0.1, -0.05) is 38.1 Å². The van der Waals surface area contributed by atoms with Gasteiger partial charge in [0.25, 0.3) is 0 Å². The molecule has 4 aromatic rings. The fourth-order valence-corrected chi connectivity index (χ4v) is 6.49. The van der Waals surface area contributed by atoms with Crippen molar-refractivity contribution in [2.45, 2.75) is 72.3 Å². The molecule has 0 unspecified atom stereocenters. The normalized spacial score (nSPS) is 14.7. The number of carbonyl (C=O) groups excluding carboxylic acids is 1. The molecule has 1 aliphatic heterocycles. The van der Waals surface area contributed by atoms with Crippen LogP contribution in [0.2, 0.25) is 0 Å². The molecule has 256 valence electrons. The number of rotatable bonds is 8. The topological polar surface area (TPSA) is 120 Å². The lowest BCUT2D eigenvalue weighted by Crippen LogP contribution is -2.36. The van der Waals surface area contributed by atoms with Crippen molar-refractivity contribution in [2.24, 2.45) is 0 Å². The molecule has 0 radical (unpaired) electrons. The van der Waals surface area contributed by atoms with E-state index in [4.69, 9.17) is 14.9 Å². The zero-order chi connectivity index (χ0) is 35.3. The largest absolute Gasteiger partial charge is 0.431 e. The minimum atomic E-state index is -5.00. The van der Waals surface area contributed by atoms with E-state index in [1.165, 1.54) is 11.2 Å².